The molecular formula is C14H21NO17S2. The Hall–Kier alpha value is -1.56. The van der Waals surface area contributed by atoms with Gasteiger partial charge in [-0.25, -0.2) is 18.2 Å². The van der Waals surface area contributed by atoms with Crippen LogP contribution in [0.3, 0.4) is 0 Å². The Balaban J connectivity index is 1.95. The zero-order valence-corrected chi connectivity index (χ0v) is 18.6. The third kappa shape index (κ3) is 6.16. The maximum atomic E-state index is 11.5. The van der Waals surface area contributed by atoms with Crippen molar-refractivity contribution >= 4 is 32.7 Å². The molecule has 0 saturated carbocycles. The fourth-order valence-electron chi connectivity index (χ4n) is 3.55. The van der Waals surface area contributed by atoms with Gasteiger partial charge in [-0.1, -0.05) is 0 Å². The van der Waals surface area contributed by atoms with Gasteiger partial charge in [-0.05, 0) is 0 Å². The Morgan fingerprint density at radius 2 is 1.65 bits per heavy atom. The summed E-state index contributed by atoms with van der Waals surface area (Å²) in [4.78, 5) is 15.3. The topological polar surface area (TPSA) is 274 Å². The maximum Gasteiger partial charge on any atom is 0.397 e. The van der Waals surface area contributed by atoms with Crippen LogP contribution in [0.25, 0.3) is 0 Å². The smallest absolute Gasteiger partial charge is 0.397 e. The molecule has 34 heavy (non-hydrogen) atoms. The molecule has 0 aliphatic carbocycles. The molecule has 2 fully saturated rings. The first kappa shape index (κ1) is 27.0. The molecule has 0 bridgehead atoms. The number of hydrogen-bond acceptors (Lipinski definition) is 15. The first-order chi connectivity index (χ1) is 15.6. The lowest BCUT2D eigenvalue weighted by atomic mass is 9.96. The van der Waals surface area contributed by atoms with Crippen LogP contribution in [0.1, 0.15) is 6.92 Å². The zero-order chi connectivity index (χ0) is 25.6. The number of aliphatic carboxylic acids is 1. The van der Waals surface area contributed by atoms with Crippen molar-refractivity contribution in [1.82, 2.24) is 0 Å². The van der Waals surface area contributed by atoms with E-state index in [-0.39, 0.29) is 5.90 Å². The highest BCUT2D eigenvalue weighted by Gasteiger charge is 2.56. The predicted octanol–water partition coefficient (Wildman–Crippen LogP) is -4.19. The number of aliphatic imine (C=N–C) groups is 1. The van der Waals surface area contributed by atoms with Crippen LogP contribution in [-0.4, -0.2) is 126 Å². The molecule has 10 atom stereocenters. The first-order valence-corrected chi connectivity index (χ1v) is 12.0. The molecule has 20 heteroatoms. The summed E-state index contributed by atoms with van der Waals surface area (Å²) in [7, 11) is -10.3. The van der Waals surface area contributed by atoms with Crippen molar-refractivity contribution in [3.8, 4) is 0 Å². The van der Waals surface area contributed by atoms with Crippen LogP contribution in [0, 0.1) is 0 Å². The standard InChI is InChI=1S/C14H21NO17S2/c1-3-15-5-10(30-14-8(18)6(16)7(17)11(31-14)12(19)20)9(32-34(24,25)26)4(29-13(5)28-3)2-27-33(21,22)23/h4-11,13-14,16-18H,2H2,1H3,(H,19,20)(H,21,22,23)(H,24,25,26)/t4-,5-,6+,7+,8-,9+,10-,11+,13+,14-/m1/s1. The van der Waals surface area contributed by atoms with Crippen molar-refractivity contribution < 1.29 is 78.5 Å². The number of carboxylic acids is 1. The molecule has 18 nitrogen and oxygen atoms in total. The van der Waals surface area contributed by atoms with Crippen LogP contribution < -0.4 is 0 Å². The van der Waals surface area contributed by atoms with Crippen LogP contribution in [0.2, 0.25) is 0 Å². The van der Waals surface area contributed by atoms with Crippen molar-refractivity contribution in [3.05, 3.63) is 0 Å². The van der Waals surface area contributed by atoms with Gasteiger partial charge in [0.2, 0.25) is 6.29 Å². The Bertz CT molecular complexity index is 1010. The number of carbonyl (C=O) groups is 1. The summed E-state index contributed by atoms with van der Waals surface area (Å²) in [6.07, 6.45) is -17.2. The second-order valence-corrected chi connectivity index (χ2v) is 9.48. The van der Waals surface area contributed by atoms with Gasteiger partial charge in [0, 0.05) is 6.92 Å². The molecule has 3 aliphatic heterocycles. The van der Waals surface area contributed by atoms with Gasteiger partial charge in [0.25, 0.3) is 0 Å². The van der Waals surface area contributed by atoms with E-state index in [2.05, 4.69) is 13.4 Å². The van der Waals surface area contributed by atoms with Gasteiger partial charge in [-0.15, -0.1) is 0 Å². The van der Waals surface area contributed by atoms with E-state index in [1.165, 1.54) is 6.92 Å². The number of nitrogens with zero attached hydrogens (tertiary/aromatic N) is 1. The lowest BCUT2D eigenvalue weighted by Gasteiger charge is -2.45. The average molecular weight is 539 g/mol. The summed E-state index contributed by atoms with van der Waals surface area (Å²) < 4.78 is 92.8. The largest absolute Gasteiger partial charge is 0.479 e. The summed E-state index contributed by atoms with van der Waals surface area (Å²) in [5.41, 5.74) is 0. The van der Waals surface area contributed by atoms with Gasteiger partial charge in [-0.2, -0.15) is 16.8 Å². The summed E-state index contributed by atoms with van der Waals surface area (Å²) in [6.45, 7) is 0.269. The second kappa shape index (κ2) is 9.83. The Labute approximate surface area is 191 Å². The van der Waals surface area contributed by atoms with Crippen LogP contribution in [0.15, 0.2) is 4.99 Å². The average Bonchev–Trinajstić information content (AvgIpc) is 3.06. The van der Waals surface area contributed by atoms with Gasteiger partial charge >= 0.3 is 26.8 Å². The van der Waals surface area contributed by atoms with Gasteiger partial charge in [0.1, 0.15) is 42.7 Å². The molecule has 196 valence electrons. The predicted molar refractivity (Wildman–Crippen MR) is 99.8 cm³/mol. The van der Waals surface area contributed by atoms with Gasteiger partial charge < -0.3 is 39.4 Å². The van der Waals surface area contributed by atoms with Crippen molar-refractivity contribution in [3.63, 3.8) is 0 Å². The molecule has 0 amide bonds. The van der Waals surface area contributed by atoms with E-state index in [1.807, 2.05) is 0 Å². The third-order valence-corrected chi connectivity index (χ3v) is 5.85. The van der Waals surface area contributed by atoms with Crippen LogP contribution in [0.5, 0.6) is 0 Å². The number of hydrogen-bond donors (Lipinski definition) is 6. The van der Waals surface area contributed by atoms with E-state index >= 15 is 0 Å². The fourth-order valence-corrected chi connectivity index (χ4v) is 4.37. The monoisotopic (exact) mass is 539 g/mol. The molecule has 0 aromatic heterocycles. The van der Waals surface area contributed by atoms with Crippen molar-refractivity contribution in [2.45, 2.75) is 68.3 Å². The van der Waals surface area contributed by atoms with E-state index in [0.29, 0.717) is 0 Å². The number of ether oxygens (including phenoxy) is 4. The van der Waals surface area contributed by atoms with E-state index in [4.69, 9.17) is 23.5 Å². The number of aliphatic hydroxyl groups excluding tert-OH is 3. The van der Waals surface area contributed by atoms with Crippen LogP contribution >= 0.6 is 0 Å². The Kier molecular flexibility index (Phi) is 7.82. The van der Waals surface area contributed by atoms with Crippen molar-refractivity contribution in [1.29, 1.82) is 0 Å². The molecule has 0 spiro atoms. The highest BCUT2D eigenvalue weighted by Crippen LogP contribution is 2.35. The molecule has 3 aliphatic rings. The Morgan fingerprint density at radius 1 is 1.00 bits per heavy atom. The van der Waals surface area contributed by atoms with Crippen molar-refractivity contribution in [2.75, 3.05) is 6.61 Å². The SMILES string of the molecule is CC1=N[C@H]2[C@@H](O1)O[C@H](COS(=O)(=O)O)[C@H](OS(=O)(=O)O)[C@@H]2O[C@@H]1O[C@H](C(=O)O)[C@@H](O)[C@H](O)[C@H]1O. The van der Waals surface area contributed by atoms with Gasteiger partial charge in [0.15, 0.2) is 18.3 Å². The number of fused-ring (bicyclic) bond motifs is 1. The van der Waals surface area contributed by atoms with E-state index in [0.717, 1.165) is 0 Å². The van der Waals surface area contributed by atoms with Crippen molar-refractivity contribution in [2.24, 2.45) is 4.99 Å². The minimum atomic E-state index is -5.29. The summed E-state index contributed by atoms with van der Waals surface area (Å²) in [5, 5.41) is 39.2. The maximum absolute atomic E-state index is 11.5. The third-order valence-electron chi connectivity index (χ3n) is 4.95. The summed E-state index contributed by atoms with van der Waals surface area (Å²) in [5.74, 6) is -1.75. The zero-order valence-electron chi connectivity index (χ0n) is 16.9. The van der Waals surface area contributed by atoms with E-state index in [1.54, 1.807) is 0 Å². The molecular weight excluding hydrogens is 518 g/mol. The molecule has 0 aromatic rings. The Morgan fingerprint density at radius 3 is 2.21 bits per heavy atom. The minimum absolute atomic E-state index is 0.0189. The molecule has 2 saturated heterocycles. The number of rotatable bonds is 8. The number of carboxylic acid groups (broad SMARTS) is 1. The summed E-state index contributed by atoms with van der Waals surface area (Å²) in [6, 6.07) is -1.31. The first-order valence-electron chi connectivity index (χ1n) is 9.29. The molecule has 6 N–H and O–H groups in total. The molecule has 0 unspecified atom stereocenters. The lowest BCUT2D eigenvalue weighted by molar-refractivity contribution is -0.329. The highest BCUT2D eigenvalue weighted by atomic mass is 32.3. The quantitative estimate of drug-likeness (QED) is 0.159. The minimum Gasteiger partial charge on any atom is -0.479 e. The molecule has 3 rings (SSSR count). The normalized spacial score (nSPS) is 40.8. The molecule has 3 heterocycles. The fraction of sp³-hybridized carbons (Fsp3) is 0.857. The summed E-state index contributed by atoms with van der Waals surface area (Å²) >= 11 is 0. The highest BCUT2D eigenvalue weighted by molar-refractivity contribution is 7.81. The molecule has 0 radical (unpaired) electrons. The van der Waals surface area contributed by atoms with E-state index < -0.39 is 94.7 Å². The molecule has 0 aromatic carbocycles. The lowest BCUT2D eigenvalue weighted by Crippen LogP contribution is -2.65. The van der Waals surface area contributed by atoms with Gasteiger partial charge in [0.05, 0.1) is 6.61 Å². The van der Waals surface area contributed by atoms with Crippen LogP contribution in [-0.2, 0) is 52.9 Å². The second-order valence-electron chi connectivity index (χ2n) is 7.34. The van der Waals surface area contributed by atoms with Crippen LogP contribution in [0.4, 0.5) is 0 Å². The number of aliphatic hydroxyl groups is 3. The van der Waals surface area contributed by atoms with E-state index in [9.17, 15) is 46.6 Å². The van der Waals surface area contributed by atoms with Gasteiger partial charge in [-0.3, -0.25) is 9.11 Å².